The van der Waals surface area contributed by atoms with Gasteiger partial charge in [0.05, 0.1) is 24.4 Å². The molecule has 3 nitrogen and oxygen atoms in total. The summed E-state index contributed by atoms with van der Waals surface area (Å²) in [5.41, 5.74) is 0.908. The van der Waals surface area contributed by atoms with Gasteiger partial charge in [0.1, 0.15) is 0 Å². The normalized spacial score (nSPS) is 38.6. The van der Waals surface area contributed by atoms with Crippen molar-refractivity contribution >= 4 is 22.4 Å². The van der Waals surface area contributed by atoms with Crippen molar-refractivity contribution in [3.8, 4) is 0 Å². The molecule has 3 aliphatic rings. The lowest BCUT2D eigenvalue weighted by Crippen LogP contribution is -2.40. The van der Waals surface area contributed by atoms with Crippen LogP contribution in [-0.4, -0.2) is 46.3 Å². The van der Waals surface area contributed by atoms with Crippen LogP contribution in [0, 0.1) is 17.8 Å². The number of alkyl halides is 4. The summed E-state index contributed by atoms with van der Waals surface area (Å²) in [6.07, 6.45) is 3.01. The minimum Gasteiger partial charge on any atom is -0.347 e. The second kappa shape index (κ2) is 10.5. The van der Waals surface area contributed by atoms with Crippen LogP contribution in [0.4, 0.5) is 13.2 Å². The van der Waals surface area contributed by atoms with Crippen molar-refractivity contribution < 1.29 is 26.9 Å². The Hall–Kier alpha value is -0.110. The second-order valence-electron chi connectivity index (χ2n) is 8.85. The molecule has 0 aromatic rings. The Kier molecular flexibility index (Phi) is 8.50. The molecule has 1 saturated heterocycles. The molecular weight excluding hydrogens is 425 g/mol. The Bertz CT molecular complexity index is 574. The van der Waals surface area contributed by atoms with Crippen LogP contribution in [0.1, 0.15) is 58.3 Å². The van der Waals surface area contributed by atoms with Crippen molar-refractivity contribution in [3.63, 3.8) is 0 Å². The summed E-state index contributed by atoms with van der Waals surface area (Å²) in [6, 6.07) is 0. The Labute approximate surface area is 179 Å². The third-order valence-electron chi connectivity index (χ3n) is 6.52. The topological polar surface area (TPSA) is 35.5 Å². The number of halogens is 4. The molecule has 3 fully saturated rings. The molecule has 1 unspecified atom stereocenters. The minimum atomic E-state index is -4.08. The van der Waals surface area contributed by atoms with Crippen LogP contribution < -0.4 is 0 Å². The largest absolute Gasteiger partial charge is 0.391 e. The Morgan fingerprint density at radius 1 is 1.03 bits per heavy atom. The van der Waals surface area contributed by atoms with Gasteiger partial charge in [-0.2, -0.15) is 13.2 Å². The van der Waals surface area contributed by atoms with Crippen LogP contribution in [0.15, 0.2) is 11.6 Å². The van der Waals surface area contributed by atoms with E-state index < -0.39 is 29.2 Å². The number of ether oxygens (including phenoxy) is 2. The lowest BCUT2D eigenvalue weighted by atomic mass is 9.81. The number of hydrogen-bond donors (Lipinski definition) is 0. The monoisotopic (exact) mass is 456 g/mol. The first kappa shape index (κ1) is 23.6. The fourth-order valence-corrected chi connectivity index (χ4v) is 6.40. The van der Waals surface area contributed by atoms with Crippen molar-refractivity contribution in [2.24, 2.45) is 17.8 Å². The first-order chi connectivity index (χ1) is 13.7. The zero-order valence-corrected chi connectivity index (χ0v) is 18.5. The van der Waals surface area contributed by atoms with Crippen LogP contribution in [-0.2, 0) is 20.3 Å². The van der Waals surface area contributed by atoms with Crippen molar-refractivity contribution in [2.75, 3.05) is 19.0 Å². The summed E-state index contributed by atoms with van der Waals surface area (Å²) in [4.78, 5) is 0. The Balaban J connectivity index is 1.40. The van der Waals surface area contributed by atoms with Gasteiger partial charge in [-0.25, -0.2) is 0 Å². The molecule has 2 aliphatic carbocycles. The van der Waals surface area contributed by atoms with E-state index in [1.54, 1.807) is 0 Å². The van der Waals surface area contributed by atoms with Crippen molar-refractivity contribution in [1.82, 2.24) is 0 Å². The maximum Gasteiger partial charge on any atom is 0.391 e. The first-order valence-corrected chi connectivity index (χ1v) is 12.5. The quantitative estimate of drug-likeness (QED) is 0.399. The molecule has 0 amide bonds. The van der Waals surface area contributed by atoms with Gasteiger partial charge in [-0.05, 0) is 75.7 Å². The van der Waals surface area contributed by atoms with Gasteiger partial charge < -0.3 is 9.47 Å². The van der Waals surface area contributed by atoms with Gasteiger partial charge in [0.25, 0.3) is 0 Å². The van der Waals surface area contributed by atoms with E-state index in [-0.39, 0.29) is 29.4 Å². The van der Waals surface area contributed by atoms with E-state index in [9.17, 15) is 17.4 Å². The molecule has 29 heavy (non-hydrogen) atoms. The predicted molar refractivity (Wildman–Crippen MR) is 109 cm³/mol. The summed E-state index contributed by atoms with van der Waals surface area (Å²) in [5, 5.41) is 0.148. The van der Waals surface area contributed by atoms with Crippen LogP contribution in [0.25, 0.3) is 0 Å². The smallest absolute Gasteiger partial charge is 0.347 e. The summed E-state index contributed by atoms with van der Waals surface area (Å²) in [6.45, 7) is 2.70. The second-order valence-corrected chi connectivity index (χ2v) is 11.2. The molecule has 1 aliphatic heterocycles. The summed E-state index contributed by atoms with van der Waals surface area (Å²) in [5.74, 6) is 0.134. The van der Waals surface area contributed by atoms with Gasteiger partial charge in [-0.3, -0.25) is 4.21 Å². The molecule has 3 rings (SSSR count). The van der Waals surface area contributed by atoms with Crippen molar-refractivity contribution in [1.29, 1.82) is 0 Å². The molecule has 1 atom stereocenters. The zero-order chi connectivity index (χ0) is 21.0. The third-order valence-corrected chi connectivity index (χ3v) is 8.77. The van der Waals surface area contributed by atoms with Crippen LogP contribution >= 0.6 is 11.6 Å². The lowest BCUT2D eigenvalue weighted by Gasteiger charge is -2.32. The predicted octanol–water partition coefficient (Wildman–Crippen LogP) is 5.59. The average molecular weight is 457 g/mol. The number of rotatable bonds is 5. The maximum atomic E-state index is 12.8. The molecule has 8 heteroatoms. The van der Waals surface area contributed by atoms with Crippen molar-refractivity contribution in [2.45, 2.75) is 81.4 Å². The molecule has 0 radical (unpaired) electrons. The lowest BCUT2D eigenvalue weighted by molar-refractivity contribution is -0.183. The first-order valence-electron chi connectivity index (χ1n) is 10.7. The summed E-state index contributed by atoms with van der Waals surface area (Å²) in [7, 11) is -0.981. The highest BCUT2D eigenvalue weighted by atomic mass is 35.5. The molecule has 0 spiro atoms. The minimum absolute atomic E-state index is 0.116. The average Bonchev–Trinajstić information content (AvgIpc) is 2.69. The fraction of sp³-hybridized carbons (Fsp3) is 0.905. The fourth-order valence-electron chi connectivity index (χ4n) is 4.62. The standard InChI is InChI=1S/C21H32ClF3O3S/c1-14(10-15-2-6-17(7-3-15)21(23,24)25)20-27-11-19(12-28-20)29(26)13-16-4-8-18(22)9-5-16/h10,15-20H,2-9,11-13H2,1H3/b14-10+. The van der Waals surface area contributed by atoms with E-state index in [4.69, 9.17) is 21.1 Å². The van der Waals surface area contributed by atoms with Crippen LogP contribution in [0.3, 0.4) is 0 Å². The van der Waals surface area contributed by atoms with E-state index in [0.29, 0.717) is 37.7 Å². The molecule has 0 aromatic heterocycles. The number of hydrogen-bond acceptors (Lipinski definition) is 3. The Morgan fingerprint density at radius 3 is 2.17 bits per heavy atom. The summed E-state index contributed by atoms with van der Waals surface area (Å²) < 4.78 is 62.7. The van der Waals surface area contributed by atoms with Gasteiger partial charge >= 0.3 is 6.18 Å². The van der Waals surface area contributed by atoms with E-state index in [1.807, 2.05) is 13.0 Å². The maximum absolute atomic E-state index is 12.8. The van der Waals surface area contributed by atoms with Crippen molar-refractivity contribution in [3.05, 3.63) is 11.6 Å². The highest BCUT2D eigenvalue weighted by Crippen LogP contribution is 2.40. The van der Waals surface area contributed by atoms with Gasteiger partial charge in [-0.1, -0.05) is 6.08 Å². The van der Waals surface area contributed by atoms with Gasteiger partial charge in [0.15, 0.2) is 6.29 Å². The SMILES string of the molecule is C/C(=C\C1CCC(C(F)(F)F)CC1)C1OCC(S(=O)CC2CCC(Cl)CC2)CO1. The molecule has 0 N–H and O–H groups in total. The van der Waals surface area contributed by atoms with E-state index in [0.717, 1.165) is 31.3 Å². The summed E-state index contributed by atoms with van der Waals surface area (Å²) >= 11 is 6.14. The molecular formula is C21H32ClF3O3S. The van der Waals surface area contributed by atoms with Gasteiger partial charge in [0, 0.05) is 21.9 Å². The van der Waals surface area contributed by atoms with Gasteiger partial charge in [0.2, 0.25) is 0 Å². The van der Waals surface area contributed by atoms with Gasteiger partial charge in [-0.15, -0.1) is 11.6 Å². The molecule has 2 saturated carbocycles. The number of allylic oxidation sites excluding steroid dienone is 1. The molecule has 168 valence electrons. The van der Waals surface area contributed by atoms with E-state index in [1.165, 1.54) is 0 Å². The highest BCUT2D eigenvalue weighted by molar-refractivity contribution is 7.85. The van der Waals surface area contributed by atoms with Crippen LogP contribution in [0.2, 0.25) is 0 Å². The molecule has 0 aromatic carbocycles. The molecule has 1 heterocycles. The van der Waals surface area contributed by atoms with E-state index >= 15 is 0 Å². The third kappa shape index (κ3) is 6.94. The van der Waals surface area contributed by atoms with E-state index in [2.05, 4.69) is 0 Å². The Morgan fingerprint density at radius 2 is 1.62 bits per heavy atom. The zero-order valence-electron chi connectivity index (χ0n) is 17.0. The molecule has 0 bridgehead atoms. The van der Waals surface area contributed by atoms with Crippen LogP contribution in [0.5, 0.6) is 0 Å². The highest BCUT2D eigenvalue weighted by Gasteiger charge is 2.41.